The molecule has 0 saturated carbocycles. The summed E-state index contributed by atoms with van der Waals surface area (Å²) in [6.07, 6.45) is 13.3. The molecule has 0 spiro atoms. The predicted octanol–water partition coefficient (Wildman–Crippen LogP) is 11.7. The zero-order valence-electron chi connectivity index (χ0n) is 28.1. The highest BCUT2D eigenvalue weighted by Gasteiger charge is 2.07. The van der Waals surface area contributed by atoms with Gasteiger partial charge in [-0.2, -0.15) is 0 Å². The topological polar surface area (TPSA) is 38.9 Å². The van der Waals surface area contributed by atoms with Crippen molar-refractivity contribution in [2.75, 3.05) is 6.54 Å². The molecule has 230 valence electrons. The van der Waals surface area contributed by atoms with Gasteiger partial charge in [-0.25, -0.2) is 4.39 Å². The average Bonchev–Trinajstić information content (AvgIpc) is 2.93. The van der Waals surface area contributed by atoms with Gasteiger partial charge in [0.15, 0.2) is 0 Å². The molecule has 2 rings (SSSR count). The van der Waals surface area contributed by atoms with Crippen molar-refractivity contribution in [1.82, 2.24) is 4.98 Å². The maximum Gasteiger partial charge on any atom is 0.123 e. The molecule has 0 bridgehead atoms. The van der Waals surface area contributed by atoms with Crippen molar-refractivity contribution in [3.8, 4) is 0 Å². The molecule has 2 N–H and O–H groups in total. The van der Waals surface area contributed by atoms with Gasteiger partial charge in [0.1, 0.15) is 5.82 Å². The summed E-state index contributed by atoms with van der Waals surface area (Å²) in [6.45, 7) is 32.7. The molecule has 0 aliphatic carbocycles. The molecule has 1 heterocycles. The second kappa shape index (κ2) is 28.5. The second-order valence-electron chi connectivity index (χ2n) is 10.1. The van der Waals surface area contributed by atoms with Gasteiger partial charge in [-0.3, -0.25) is 4.98 Å². The standard InChI is InChI=1S/C13H19N.C10H16.C9H11F.C3H9N.C3H6/c1-6-10(4)13-8-7-12(9(2)3)11(5)14-13;1-5-10(4)8-6-7-9(2)3;1-2-4-8-5-3-6-9(10)7-8;1-2-3-4;1-3-2/h7-8,10H,2,6H2,1,3-5H3;6-8H,2,5H2,1,3-4H3;3,5-7H,2,4H2,1H3;2-4H2,1H3;3H,1H2,2H3/b;7-6-,10-8+;;;. The summed E-state index contributed by atoms with van der Waals surface area (Å²) >= 11 is 0. The van der Waals surface area contributed by atoms with Gasteiger partial charge in [0, 0.05) is 11.4 Å². The Balaban J connectivity index is -0.000000481. The van der Waals surface area contributed by atoms with Crippen LogP contribution in [0.4, 0.5) is 4.39 Å². The number of halogens is 1. The van der Waals surface area contributed by atoms with Crippen molar-refractivity contribution < 1.29 is 4.39 Å². The van der Waals surface area contributed by atoms with E-state index in [4.69, 9.17) is 5.73 Å². The van der Waals surface area contributed by atoms with Crippen molar-refractivity contribution in [2.24, 2.45) is 5.73 Å². The Morgan fingerprint density at radius 2 is 1.61 bits per heavy atom. The van der Waals surface area contributed by atoms with Gasteiger partial charge in [-0.15, -0.1) is 6.58 Å². The lowest BCUT2D eigenvalue weighted by molar-refractivity contribution is 0.625. The summed E-state index contributed by atoms with van der Waals surface area (Å²) in [5, 5.41) is 0. The quantitative estimate of drug-likeness (QED) is 0.243. The second-order valence-corrected chi connectivity index (χ2v) is 10.1. The smallest absolute Gasteiger partial charge is 0.123 e. The third kappa shape index (κ3) is 25.7. The summed E-state index contributed by atoms with van der Waals surface area (Å²) in [5.41, 5.74) is 13.2. The fourth-order valence-electron chi connectivity index (χ4n) is 2.99. The van der Waals surface area contributed by atoms with E-state index in [1.165, 1.54) is 22.9 Å². The molecule has 0 saturated heterocycles. The van der Waals surface area contributed by atoms with Crippen LogP contribution < -0.4 is 5.73 Å². The zero-order chi connectivity index (χ0) is 32.2. The molecule has 0 radical (unpaired) electrons. The lowest BCUT2D eigenvalue weighted by Crippen LogP contribution is -1.99. The van der Waals surface area contributed by atoms with E-state index in [1.54, 1.807) is 18.2 Å². The first kappa shape index (κ1) is 42.4. The number of nitrogens with zero attached hydrogens (tertiary/aromatic N) is 1. The molecule has 41 heavy (non-hydrogen) atoms. The highest BCUT2D eigenvalue weighted by molar-refractivity contribution is 5.63. The van der Waals surface area contributed by atoms with Gasteiger partial charge < -0.3 is 5.73 Å². The first-order valence-electron chi connectivity index (χ1n) is 15.0. The molecular weight excluding hydrogens is 503 g/mol. The van der Waals surface area contributed by atoms with E-state index in [2.05, 4.69) is 91.4 Å². The molecule has 1 unspecified atom stereocenters. The molecule has 0 fully saturated rings. The van der Waals surface area contributed by atoms with Gasteiger partial charge in [0.25, 0.3) is 0 Å². The lowest BCUT2D eigenvalue weighted by Gasteiger charge is -2.11. The van der Waals surface area contributed by atoms with Gasteiger partial charge in [0.2, 0.25) is 0 Å². The number of nitrogens with two attached hydrogens (primary N) is 1. The van der Waals surface area contributed by atoms with Gasteiger partial charge in [-0.1, -0.05) is 108 Å². The lowest BCUT2D eigenvalue weighted by atomic mass is 10.0. The highest BCUT2D eigenvalue weighted by Crippen LogP contribution is 2.21. The van der Waals surface area contributed by atoms with Crippen LogP contribution in [0.5, 0.6) is 0 Å². The van der Waals surface area contributed by atoms with Crippen molar-refractivity contribution in [3.63, 3.8) is 0 Å². The van der Waals surface area contributed by atoms with Crippen LogP contribution >= 0.6 is 0 Å². The van der Waals surface area contributed by atoms with E-state index in [0.717, 1.165) is 61.1 Å². The van der Waals surface area contributed by atoms with Crippen molar-refractivity contribution in [2.45, 2.75) is 107 Å². The maximum absolute atomic E-state index is 12.5. The molecule has 3 heteroatoms. The zero-order valence-corrected chi connectivity index (χ0v) is 28.1. The summed E-state index contributed by atoms with van der Waals surface area (Å²) in [5.74, 6) is 0.416. The number of allylic oxidation sites excluding steroid dienone is 7. The monoisotopic (exact) mass is 564 g/mol. The summed E-state index contributed by atoms with van der Waals surface area (Å²) in [4.78, 5) is 4.60. The molecule has 1 aromatic carbocycles. The Labute approximate surface area is 254 Å². The minimum absolute atomic E-state index is 0.133. The van der Waals surface area contributed by atoms with E-state index in [1.807, 2.05) is 39.0 Å². The molecule has 0 amide bonds. The summed E-state index contributed by atoms with van der Waals surface area (Å²) in [7, 11) is 0. The molecule has 1 atom stereocenters. The number of hydrogen-bond acceptors (Lipinski definition) is 2. The molecule has 0 aliphatic heterocycles. The molecule has 1 aromatic heterocycles. The minimum Gasteiger partial charge on any atom is -0.330 e. The SMILES string of the molecule is C=C(C)/C=C\C=C(/C)CC.C=C(C)c1ccc(C(C)CC)nc1C.C=CC.CCCN.CCCc1cccc(F)c1. The van der Waals surface area contributed by atoms with E-state index in [0.29, 0.717) is 5.92 Å². The minimum atomic E-state index is -0.133. The predicted molar refractivity (Wildman–Crippen MR) is 186 cm³/mol. The van der Waals surface area contributed by atoms with E-state index >= 15 is 0 Å². The first-order valence-corrected chi connectivity index (χ1v) is 15.0. The Kier molecular flexibility index (Phi) is 29.5. The van der Waals surface area contributed by atoms with Crippen molar-refractivity contribution in [1.29, 1.82) is 0 Å². The Hall–Kier alpha value is -3.04. The maximum atomic E-state index is 12.5. The molecule has 2 aromatic rings. The van der Waals surface area contributed by atoms with Gasteiger partial charge >= 0.3 is 0 Å². The number of pyridine rings is 1. The van der Waals surface area contributed by atoms with E-state index < -0.39 is 0 Å². The average molecular weight is 565 g/mol. The Bertz CT molecular complexity index is 1030. The number of hydrogen-bond donors (Lipinski definition) is 1. The number of rotatable bonds is 9. The van der Waals surface area contributed by atoms with Crippen LogP contribution in [0.3, 0.4) is 0 Å². The largest absolute Gasteiger partial charge is 0.330 e. The van der Waals surface area contributed by atoms with Crippen molar-refractivity contribution >= 4 is 5.57 Å². The third-order valence-corrected chi connectivity index (χ3v) is 5.72. The highest BCUT2D eigenvalue weighted by atomic mass is 19.1. The van der Waals surface area contributed by atoms with Gasteiger partial charge in [0.05, 0.1) is 0 Å². The number of aromatic nitrogens is 1. The van der Waals surface area contributed by atoms with Crippen LogP contribution in [0.25, 0.3) is 5.57 Å². The molecular formula is C38H61FN2. The normalized spacial score (nSPS) is 10.8. The number of benzene rings is 1. The van der Waals surface area contributed by atoms with Crippen LogP contribution in [-0.4, -0.2) is 11.5 Å². The summed E-state index contributed by atoms with van der Waals surface area (Å²) < 4.78 is 12.5. The fourth-order valence-corrected chi connectivity index (χ4v) is 2.99. The Morgan fingerprint density at radius 3 is 2.00 bits per heavy atom. The van der Waals surface area contributed by atoms with Crippen LogP contribution in [0.15, 0.2) is 91.6 Å². The van der Waals surface area contributed by atoms with Crippen LogP contribution in [0, 0.1) is 12.7 Å². The van der Waals surface area contributed by atoms with E-state index in [9.17, 15) is 4.39 Å². The summed E-state index contributed by atoms with van der Waals surface area (Å²) in [6, 6.07) is 11.0. The molecule has 2 nitrogen and oxygen atoms in total. The van der Waals surface area contributed by atoms with Crippen LogP contribution in [0.2, 0.25) is 0 Å². The fraction of sp³-hybridized carbons (Fsp3) is 0.447. The first-order chi connectivity index (χ1) is 19.4. The van der Waals surface area contributed by atoms with E-state index in [-0.39, 0.29) is 5.82 Å². The number of aryl methyl sites for hydroxylation is 2. The third-order valence-electron chi connectivity index (χ3n) is 5.72. The van der Waals surface area contributed by atoms with Crippen LogP contribution in [-0.2, 0) is 6.42 Å². The Morgan fingerprint density at radius 1 is 1.02 bits per heavy atom. The van der Waals surface area contributed by atoms with Crippen LogP contribution in [0.1, 0.15) is 116 Å². The molecule has 0 aliphatic rings. The van der Waals surface area contributed by atoms with Crippen molar-refractivity contribution in [3.05, 3.63) is 120 Å². The van der Waals surface area contributed by atoms with Gasteiger partial charge in [-0.05, 0) is 108 Å².